The molecule has 0 aromatic carbocycles. The lowest BCUT2D eigenvalue weighted by atomic mass is 10.00. The average molecular weight is 704 g/mol. The summed E-state index contributed by atoms with van der Waals surface area (Å²) in [6.45, 7) is 3.95. The topological polar surface area (TPSA) is 110 Å². The fourth-order valence-corrected chi connectivity index (χ4v) is 6.06. The predicted octanol–water partition coefficient (Wildman–Crippen LogP) is 10.7. The number of unbranched alkanes of at least 4 members (excludes halogenated alkanes) is 20. The molecule has 6 nitrogen and oxygen atoms in total. The Hall–Kier alpha value is -1.73. The summed E-state index contributed by atoms with van der Waals surface area (Å²) >= 11 is 0. The van der Waals surface area contributed by atoms with Gasteiger partial charge in [0.2, 0.25) is 5.91 Å². The Bertz CT molecular complexity index is 838. The summed E-state index contributed by atoms with van der Waals surface area (Å²) < 4.78 is 0. The van der Waals surface area contributed by atoms with Gasteiger partial charge in [-0.1, -0.05) is 159 Å². The highest BCUT2D eigenvalue weighted by Crippen LogP contribution is 2.14. The number of allylic oxidation sites excluding steroid dienone is 8. The molecule has 0 spiro atoms. The molecule has 0 aliphatic heterocycles. The molecule has 0 aliphatic carbocycles. The Morgan fingerprint density at radius 2 is 0.860 bits per heavy atom. The van der Waals surface area contributed by atoms with Crippen LogP contribution in [0.4, 0.5) is 0 Å². The van der Waals surface area contributed by atoms with Gasteiger partial charge in [-0.15, -0.1) is 0 Å². The Morgan fingerprint density at radius 3 is 1.32 bits per heavy atom. The molecule has 292 valence electrons. The first kappa shape index (κ1) is 48.3. The van der Waals surface area contributed by atoms with E-state index in [4.69, 9.17) is 0 Å². The van der Waals surface area contributed by atoms with E-state index in [1.165, 1.54) is 96.3 Å². The van der Waals surface area contributed by atoms with Gasteiger partial charge in [-0.3, -0.25) is 4.79 Å². The lowest BCUT2D eigenvalue weighted by molar-refractivity contribution is -0.132. The minimum Gasteiger partial charge on any atom is -0.394 e. The normalized spacial score (nSPS) is 14.8. The van der Waals surface area contributed by atoms with E-state index < -0.39 is 36.9 Å². The number of hydrogen-bond donors (Lipinski definition) is 5. The predicted molar refractivity (Wildman–Crippen MR) is 214 cm³/mol. The molecule has 50 heavy (non-hydrogen) atoms. The van der Waals surface area contributed by atoms with Gasteiger partial charge in [-0.25, -0.2) is 0 Å². The fourth-order valence-electron chi connectivity index (χ4n) is 6.06. The van der Waals surface area contributed by atoms with Crippen LogP contribution in [0.1, 0.15) is 194 Å². The van der Waals surface area contributed by atoms with Crippen LogP contribution >= 0.6 is 0 Å². The molecule has 0 rings (SSSR count). The number of carbonyl (C=O) groups is 1. The second-order valence-electron chi connectivity index (χ2n) is 14.3. The summed E-state index contributed by atoms with van der Waals surface area (Å²) in [6.07, 6.45) is 45.9. The highest BCUT2D eigenvalue weighted by atomic mass is 16.3. The molecule has 4 atom stereocenters. The Labute approximate surface area is 309 Å². The van der Waals surface area contributed by atoms with Crippen molar-refractivity contribution in [2.24, 2.45) is 0 Å². The molecule has 0 aromatic heterocycles. The summed E-state index contributed by atoms with van der Waals surface area (Å²) in [7, 11) is 0. The zero-order valence-electron chi connectivity index (χ0n) is 32.6. The first-order chi connectivity index (χ1) is 24.5. The van der Waals surface area contributed by atoms with E-state index in [1.807, 2.05) is 0 Å². The van der Waals surface area contributed by atoms with Crippen molar-refractivity contribution in [1.82, 2.24) is 5.32 Å². The van der Waals surface area contributed by atoms with Crippen LogP contribution in [0.5, 0.6) is 0 Å². The molecule has 0 saturated heterocycles. The average Bonchev–Trinajstić information content (AvgIpc) is 3.12. The zero-order valence-corrected chi connectivity index (χ0v) is 32.6. The van der Waals surface area contributed by atoms with E-state index in [-0.39, 0.29) is 0 Å². The molecule has 4 unspecified atom stereocenters. The van der Waals surface area contributed by atoms with Gasteiger partial charge < -0.3 is 25.7 Å². The van der Waals surface area contributed by atoms with Crippen molar-refractivity contribution >= 4 is 5.91 Å². The number of amides is 1. The van der Waals surface area contributed by atoms with E-state index >= 15 is 0 Å². The number of carbonyl (C=O) groups excluding carboxylic acids is 1. The highest BCUT2D eigenvalue weighted by molar-refractivity contribution is 5.80. The number of hydrogen-bond acceptors (Lipinski definition) is 5. The third kappa shape index (κ3) is 32.2. The van der Waals surface area contributed by atoms with Gasteiger partial charge in [0.25, 0.3) is 0 Å². The number of aliphatic hydroxyl groups excluding tert-OH is 4. The number of aliphatic hydroxyl groups is 4. The molecule has 5 N–H and O–H groups in total. The minimum atomic E-state index is -1.30. The molecule has 1 amide bonds. The van der Waals surface area contributed by atoms with Crippen LogP contribution in [0.25, 0.3) is 0 Å². The molecule has 0 aromatic rings. The Balaban J connectivity index is 3.80. The van der Waals surface area contributed by atoms with E-state index in [0.717, 1.165) is 64.2 Å². The van der Waals surface area contributed by atoms with Crippen molar-refractivity contribution < 1.29 is 25.2 Å². The van der Waals surface area contributed by atoms with Gasteiger partial charge >= 0.3 is 0 Å². The molecule has 0 bridgehead atoms. The van der Waals surface area contributed by atoms with Crippen LogP contribution in [-0.2, 0) is 4.79 Å². The zero-order chi connectivity index (χ0) is 36.8. The standard InChI is InChI=1S/C44H81NO5/c1-3-5-7-9-11-13-14-15-16-17-18-19-20-21-22-23-24-25-26-27-28-30-31-33-35-37-41(47)43(49)40(39-46)45-44(50)42(48)38-36-34-32-29-12-10-8-6-4-2/h10,12,21-22,25-26,30-31,40-43,46-49H,3-9,11,13-20,23-24,27-29,32-39H2,1-2H3,(H,45,50)/b12-10-,22-21+,26-25+,31-30+. The maximum atomic E-state index is 12.4. The van der Waals surface area contributed by atoms with Gasteiger partial charge in [0, 0.05) is 0 Å². The van der Waals surface area contributed by atoms with Crippen LogP contribution < -0.4 is 5.32 Å². The van der Waals surface area contributed by atoms with Crippen molar-refractivity contribution in [3.8, 4) is 0 Å². The first-order valence-corrected chi connectivity index (χ1v) is 21.0. The summed E-state index contributed by atoms with van der Waals surface area (Å²) in [6, 6.07) is -1.02. The summed E-state index contributed by atoms with van der Waals surface area (Å²) in [5.74, 6) is -0.617. The summed E-state index contributed by atoms with van der Waals surface area (Å²) in [5.41, 5.74) is 0. The summed E-state index contributed by atoms with van der Waals surface area (Å²) in [4.78, 5) is 12.4. The largest absolute Gasteiger partial charge is 0.394 e. The third-order valence-corrected chi connectivity index (χ3v) is 9.47. The molecular weight excluding hydrogens is 622 g/mol. The molecule has 0 fully saturated rings. The first-order valence-electron chi connectivity index (χ1n) is 21.0. The lowest BCUT2D eigenvalue weighted by Gasteiger charge is -2.27. The van der Waals surface area contributed by atoms with Crippen molar-refractivity contribution in [3.05, 3.63) is 48.6 Å². The molecule has 0 heterocycles. The SMILES string of the molecule is CCCC/C=C\CCCCCC(O)C(=O)NC(CO)C(O)C(O)CCC/C=C/CC/C=C/CC/C=C/CCCCCCCCCCCCCC. The maximum absolute atomic E-state index is 12.4. The van der Waals surface area contributed by atoms with Gasteiger partial charge in [-0.05, 0) is 83.5 Å². The van der Waals surface area contributed by atoms with Gasteiger partial charge in [0.1, 0.15) is 12.2 Å². The van der Waals surface area contributed by atoms with Crippen molar-refractivity contribution in [1.29, 1.82) is 0 Å². The van der Waals surface area contributed by atoms with Crippen LogP contribution in [-0.4, -0.2) is 57.3 Å². The van der Waals surface area contributed by atoms with Crippen LogP contribution in [0.15, 0.2) is 48.6 Å². The van der Waals surface area contributed by atoms with Gasteiger partial charge in [-0.2, -0.15) is 0 Å². The second-order valence-corrected chi connectivity index (χ2v) is 14.3. The smallest absolute Gasteiger partial charge is 0.249 e. The Morgan fingerprint density at radius 1 is 0.480 bits per heavy atom. The van der Waals surface area contributed by atoms with Gasteiger partial charge in [0.05, 0.1) is 18.8 Å². The fraction of sp³-hybridized carbons (Fsp3) is 0.795. The highest BCUT2D eigenvalue weighted by Gasteiger charge is 2.28. The number of nitrogens with one attached hydrogen (secondary N) is 1. The van der Waals surface area contributed by atoms with E-state index in [2.05, 4.69) is 67.8 Å². The number of rotatable bonds is 37. The van der Waals surface area contributed by atoms with Crippen LogP contribution in [0.2, 0.25) is 0 Å². The van der Waals surface area contributed by atoms with Crippen LogP contribution in [0.3, 0.4) is 0 Å². The lowest BCUT2D eigenvalue weighted by Crippen LogP contribution is -2.53. The minimum absolute atomic E-state index is 0.335. The maximum Gasteiger partial charge on any atom is 0.249 e. The quantitative estimate of drug-likeness (QED) is 0.0327. The Kier molecular flexibility index (Phi) is 37.2. The monoisotopic (exact) mass is 704 g/mol. The molecule has 6 heteroatoms. The summed E-state index contributed by atoms with van der Waals surface area (Å²) in [5, 5.41) is 43.4. The molecule has 0 saturated carbocycles. The van der Waals surface area contributed by atoms with E-state index in [9.17, 15) is 25.2 Å². The van der Waals surface area contributed by atoms with Crippen molar-refractivity contribution in [2.45, 2.75) is 218 Å². The second kappa shape index (κ2) is 38.5. The molecular formula is C44H81NO5. The van der Waals surface area contributed by atoms with E-state index in [1.54, 1.807) is 0 Å². The van der Waals surface area contributed by atoms with Gasteiger partial charge in [0.15, 0.2) is 0 Å². The molecule has 0 radical (unpaired) electrons. The van der Waals surface area contributed by atoms with Crippen molar-refractivity contribution in [3.63, 3.8) is 0 Å². The van der Waals surface area contributed by atoms with E-state index in [0.29, 0.717) is 19.3 Å². The molecule has 0 aliphatic rings. The van der Waals surface area contributed by atoms with Crippen LogP contribution in [0, 0.1) is 0 Å². The third-order valence-electron chi connectivity index (χ3n) is 9.47. The van der Waals surface area contributed by atoms with Crippen molar-refractivity contribution in [2.75, 3.05) is 6.61 Å².